The summed E-state index contributed by atoms with van der Waals surface area (Å²) in [6.45, 7) is 4.45. The Kier molecular flexibility index (Phi) is 5.14. The SMILES string of the molecule is CC1(C)CCC(OC(=O)[C@@H](N)CCC(N)=O)CC1. The summed E-state index contributed by atoms with van der Waals surface area (Å²) < 4.78 is 5.36. The van der Waals surface area contributed by atoms with Crippen LogP contribution in [0.3, 0.4) is 0 Å². The number of carbonyl (C=O) groups is 2. The van der Waals surface area contributed by atoms with Crippen molar-refractivity contribution in [2.45, 2.75) is 64.5 Å². The second-order valence-corrected chi connectivity index (χ2v) is 5.91. The van der Waals surface area contributed by atoms with E-state index in [0.717, 1.165) is 25.7 Å². The van der Waals surface area contributed by atoms with Crippen LogP contribution >= 0.6 is 0 Å². The molecule has 4 N–H and O–H groups in total. The standard InChI is InChI=1S/C13H24N2O3/c1-13(2)7-5-9(6-8-13)18-12(17)10(14)3-4-11(15)16/h9-10H,3-8,14H2,1-2H3,(H2,15,16)/t10-/m0/s1. The summed E-state index contributed by atoms with van der Waals surface area (Å²) in [5.74, 6) is -0.862. The van der Waals surface area contributed by atoms with Gasteiger partial charge in [-0.05, 0) is 37.5 Å². The molecule has 0 unspecified atom stereocenters. The number of primary amides is 1. The third kappa shape index (κ3) is 5.04. The zero-order chi connectivity index (χ0) is 13.8. The van der Waals surface area contributed by atoms with Gasteiger partial charge in [-0.15, -0.1) is 0 Å². The first-order valence-corrected chi connectivity index (χ1v) is 6.54. The lowest BCUT2D eigenvalue weighted by molar-refractivity contribution is -0.153. The first-order chi connectivity index (χ1) is 8.30. The average Bonchev–Trinajstić information content (AvgIpc) is 2.28. The summed E-state index contributed by atoms with van der Waals surface area (Å²) in [6, 6.07) is -0.743. The highest BCUT2D eigenvalue weighted by Crippen LogP contribution is 2.36. The van der Waals surface area contributed by atoms with E-state index in [0.29, 0.717) is 5.41 Å². The van der Waals surface area contributed by atoms with Crippen LogP contribution in [-0.4, -0.2) is 24.0 Å². The molecule has 0 aromatic rings. The van der Waals surface area contributed by atoms with Crippen molar-refractivity contribution in [1.82, 2.24) is 0 Å². The molecule has 0 heterocycles. The van der Waals surface area contributed by atoms with Crippen molar-refractivity contribution >= 4 is 11.9 Å². The lowest BCUT2D eigenvalue weighted by atomic mass is 9.76. The number of nitrogens with two attached hydrogens (primary N) is 2. The number of ether oxygens (including phenoxy) is 1. The smallest absolute Gasteiger partial charge is 0.323 e. The van der Waals surface area contributed by atoms with Gasteiger partial charge in [0, 0.05) is 6.42 Å². The molecule has 0 aromatic carbocycles. The van der Waals surface area contributed by atoms with Crippen LogP contribution < -0.4 is 11.5 Å². The minimum Gasteiger partial charge on any atom is -0.461 e. The summed E-state index contributed by atoms with van der Waals surface area (Å²) in [4.78, 5) is 22.3. The van der Waals surface area contributed by atoms with Gasteiger partial charge < -0.3 is 16.2 Å². The Balaban J connectivity index is 2.30. The summed E-state index contributed by atoms with van der Waals surface area (Å²) in [6.07, 6.45) is 4.25. The molecule has 0 bridgehead atoms. The monoisotopic (exact) mass is 256 g/mol. The molecule has 1 atom stereocenters. The summed E-state index contributed by atoms with van der Waals surface area (Å²) in [5.41, 5.74) is 11.0. The van der Waals surface area contributed by atoms with Gasteiger partial charge in [0.2, 0.25) is 5.91 Å². The Morgan fingerprint density at radius 3 is 2.39 bits per heavy atom. The van der Waals surface area contributed by atoms with Crippen molar-refractivity contribution < 1.29 is 14.3 Å². The Hall–Kier alpha value is -1.10. The Labute approximate surface area is 108 Å². The number of hydrogen-bond acceptors (Lipinski definition) is 4. The third-order valence-electron chi connectivity index (χ3n) is 3.57. The van der Waals surface area contributed by atoms with Crippen molar-refractivity contribution in [2.24, 2.45) is 16.9 Å². The fraction of sp³-hybridized carbons (Fsp3) is 0.846. The van der Waals surface area contributed by atoms with Gasteiger partial charge in [-0.3, -0.25) is 9.59 Å². The van der Waals surface area contributed by atoms with Gasteiger partial charge in [0.05, 0.1) is 0 Å². The molecule has 1 aliphatic carbocycles. The molecule has 0 aliphatic heterocycles. The second-order valence-electron chi connectivity index (χ2n) is 5.91. The van der Waals surface area contributed by atoms with Crippen LogP contribution in [0.2, 0.25) is 0 Å². The highest BCUT2D eigenvalue weighted by atomic mass is 16.5. The zero-order valence-electron chi connectivity index (χ0n) is 11.3. The molecule has 1 saturated carbocycles. The maximum absolute atomic E-state index is 11.7. The van der Waals surface area contributed by atoms with Gasteiger partial charge in [-0.1, -0.05) is 13.8 Å². The van der Waals surface area contributed by atoms with Crippen LogP contribution in [0.5, 0.6) is 0 Å². The summed E-state index contributed by atoms with van der Waals surface area (Å²) in [5, 5.41) is 0. The first kappa shape index (κ1) is 15.0. The quantitative estimate of drug-likeness (QED) is 0.720. The van der Waals surface area contributed by atoms with E-state index in [2.05, 4.69) is 13.8 Å². The molecule has 0 radical (unpaired) electrons. The molecule has 5 heteroatoms. The number of carbonyl (C=O) groups excluding carboxylic acids is 2. The molecule has 1 amide bonds. The van der Waals surface area contributed by atoms with E-state index in [1.54, 1.807) is 0 Å². The molecule has 1 fully saturated rings. The van der Waals surface area contributed by atoms with E-state index >= 15 is 0 Å². The highest BCUT2D eigenvalue weighted by molar-refractivity contribution is 5.78. The molecular formula is C13H24N2O3. The second kappa shape index (κ2) is 6.18. The van der Waals surface area contributed by atoms with Crippen molar-refractivity contribution in [2.75, 3.05) is 0 Å². The fourth-order valence-corrected chi connectivity index (χ4v) is 2.16. The van der Waals surface area contributed by atoms with Crippen molar-refractivity contribution in [3.63, 3.8) is 0 Å². The largest absolute Gasteiger partial charge is 0.461 e. The van der Waals surface area contributed by atoms with E-state index in [9.17, 15) is 9.59 Å². The number of rotatable bonds is 5. The first-order valence-electron chi connectivity index (χ1n) is 6.54. The Bertz CT molecular complexity index is 305. The van der Waals surface area contributed by atoms with Gasteiger partial charge in [-0.25, -0.2) is 0 Å². The lowest BCUT2D eigenvalue weighted by Crippen LogP contribution is -2.37. The molecule has 1 rings (SSSR count). The topological polar surface area (TPSA) is 95.4 Å². The van der Waals surface area contributed by atoms with Crippen LogP contribution in [-0.2, 0) is 14.3 Å². The molecular weight excluding hydrogens is 232 g/mol. The maximum atomic E-state index is 11.7. The minimum absolute atomic E-state index is 0.0230. The van der Waals surface area contributed by atoms with Crippen molar-refractivity contribution in [1.29, 1.82) is 0 Å². The Morgan fingerprint density at radius 1 is 1.33 bits per heavy atom. The lowest BCUT2D eigenvalue weighted by Gasteiger charge is -2.34. The summed E-state index contributed by atoms with van der Waals surface area (Å²) in [7, 11) is 0. The van der Waals surface area contributed by atoms with E-state index in [1.165, 1.54) is 0 Å². The predicted octanol–water partition coefficient (Wildman–Crippen LogP) is 1.09. The molecule has 5 nitrogen and oxygen atoms in total. The molecule has 1 aliphatic rings. The van der Waals surface area contributed by atoms with Crippen LogP contribution in [0.4, 0.5) is 0 Å². The number of amides is 1. The van der Waals surface area contributed by atoms with Crippen LogP contribution in [0.25, 0.3) is 0 Å². The van der Waals surface area contributed by atoms with Crippen LogP contribution in [0, 0.1) is 5.41 Å². The summed E-state index contributed by atoms with van der Waals surface area (Å²) >= 11 is 0. The molecule has 0 saturated heterocycles. The van der Waals surface area contributed by atoms with Gasteiger partial charge in [0.1, 0.15) is 12.1 Å². The van der Waals surface area contributed by atoms with E-state index in [4.69, 9.17) is 16.2 Å². The van der Waals surface area contributed by atoms with E-state index in [1.807, 2.05) is 0 Å². The predicted molar refractivity (Wildman–Crippen MR) is 68.5 cm³/mol. The fourth-order valence-electron chi connectivity index (χ4n) is 2.16. The van der Waals surface area contributed by atoms with Crippen LogP contribution in [0.15, 0.2) is 0 Å². The molecule has 104 valence electrons. The normalized spacial score (nSPS) is 21.3. The van der Waals surface area contributed by atoms with E-state index < -0.39 is 17.9 Å². The molecule has 18 heavy (non-hydrogen) atoms. The maximum Gasteiger partial charge on any atom is 0.323 e. The number of esters is 1. The highest BCUT2D eigenvalue weighted by Gasteiger charge is 2.29. The van der Waals surface area contributed by atoms with E-state index in [-0.39, 0.29) is 18.9 Å². The molecule has 0 spiro atoms. The average molecular weight is 256 g/mol. The Morgan fingerprint density at radius 2 is 1.89 bits per heavy atom. The zero-order valence-corrected chi connectivity index (χ0v) is 11.3. The van der Waals surface area contributed by atoms with Crippen LogP contribution in [0.1, 0.15) is 52.4 Å². The van der Waals surface area contributed by atoms with Gasteiger partial charge >= 0.3 is 5.97 Å². The van der Waals surface area contributed by atoms with Crippen molar-refractivity contribution in [3.8, 4) is 0 Å². The molecule has 0 aromatic heterocycles. The van der Waals surface area contributed by atoms with Crippen molar-refractivity contribution in [3.05, 3.63) is 0 Å². The third-order valence-corrected chi connectivity index (χ3v) is 3.57. The van der Waals surface area contributed by atoms with Gasteiger partial charge in [0.25, 0.3) is 0 Å². The van der Waals surface area contributed by atoms with Gasteiger partial charge in [-0.2, -0.15) is 0 Å². The van der Waals surface area contributed by atoms with Gasteiger partial charge in [0.15, 0.2) is 0 Å². The minimum atomic E-state index is -0.743. The number of hydrogen-bond donors (Lipinski definition) is 2.